The average molecular weight is 281 g/mol. The summed E-state index contributed by atoms with van der Waals surface area (Å²) in [6.45, 7) is 5.33. The van der Waals surface area contributed by atoms with Gasteiger partial charge in [-0.2, -0.15) is 16.9 Å². The number of nitrogens with one attached hydrogen (secondary N) is 1. The predicted molar refractivity (Wildman–Crippen MR) is 75.6 cm³/mol. The molecule has 0 spiro atoms. The van der Waals surface area contributed by atoms with Crippen molar-refractivity contribution in [2.75, 3.05) is 11.5 Å². The highest BCUT2D eigenvalue weighted by molar-refractivity contribution is 7.99. The Kier molecular flexibility index (Phi) is 4.29. The fraction of sp³-hybridized carbons (Fsp3) is 0.615. The van der Waals surface area contributed by atoms with Crippen molar-refractivity contribution in [1.82, 2.24) is 15.1 Å². The van der Waals surface area contributed by atoms with Crippen LogP contribution in [0.2, 0.25) is 0 Å². The first-order valence-corrected chi connectivity index (χ1v) is 7.56. The molecule has 1 aliphatic heterocycles. The molecule has 1 aliphatic rings. The molecule has 5 nitrogen and oxygen atoms in total. The summed E-state index contributed by atoms with van der Waals surface area (Å²) in [5.74, 6) is 2.06. The second-order valence-corrected chi connectivity index (χ2v) is 6.04. The van der Waals surface area contributed by atoms with Crippen LogP contribution >= 0.6 is 11.8 Å². The lowest BCUT2D eigenvalue weighted by Crippen LogP contribution is -2.37. The van der Waals surface area contributed by atoms with E-state index in [1.165, 1.54) is 6.92 Å². The minimum atomic E-state index is -0.0341. The van der Waals surface area contributed by atoms with Gasteiger partial charge in [0, 0.05) is 17.5 Å². The SMILES string of the molecule is CC(=O)c1c(C)nn(CC(=O)N[C@H]2CCSC2)c1C. The van der Waals surface area contributed by atoms with Crippen LogP contribution in [-0.2, 0) is 11.3 Å². The maximum Gasteiger partial charge on any atom is 0.241 e. The Balaban J connectivity index is 2.04. The molecule has 1 amide bonds. The van der Waals surface area contributed by atoms with Gasteiger partial charge in [0.05, 0.1) is 11.3 Å². The quantitative estimate of drug-likeness (QED) is 0.846. The lowest BCUT2D eigenvalue weighted by Gasteiger charge is -2.11. The summed E-state index contributed by atoms with van der Waals surface area (Å²) in [6, 6.07) is 0.279. The summed E-state index contributed by atoms with van der Waals surface area (Å²) in [5, 5.41) is 7.28. The zero-order chi connectivity index (χ0) is 14.0. The molecule has 1 N–H and O–H groups in total. The van der Waals surface area contributed by atoms with E-state index in [9.17, 15) is 9.59 Å². The first-order valence-electron chi connectivity index (χ1n) is 6.41. The third-order valence-electron chi connectivity index (χ3n) is 3.32. The molecular formula is C13H19N3O2S. The van der Waals surface area contributed by atoms with E-state index in [1.807, 2.05) is 18.7 Å². The summed E-state index contributed by atoms with van der Waals surface area (Å²) in [4.78, 5) is 23.5. The Morgan fingerprint density at radius 3 is 2.74 bits per heavy atom. The number of Topliss-reactive ketones (excluding diaryl/α,β-unsaturated/α-hetero) is 1. The molecule has 0 aromatic carbocycles. The number of amides is 1. The number of aryl methyl sites for hydroxylation is 1. The highest BCUT2D eigenvalue weighted by Gasteiger charge is 2.20. The molecule has 1 saturated heterocycles. The molecule has 1 atom stereocenters. The Morgan fingerprint density at radius 1 is 1.47 bits per heavy atom. The number of carbonyl (C=O) groups is 2. The third kappa shape index (κ3) is 3.18. The fourth-order valence-electron chi connectivity index (χ4n) is 2.42. The standard InChI is InChI=1S/C13H19N3O2S/c1-8-13(10(3)17)9(2)16(15-8)6-12(18)14-11-4-5-19-7-11/h11H,4-7H2,1-3H3,(H,14,18)/t11-/m0/s1. The number of ketones is 1. The van der Waals surface area contributed by atoms with Crippen molar-refractivity contribution in [2.45, 2.75) is 39.8 Å². The van der Waals surface area contributed by atoms with Gasteiger partial charge >= 0.3 is 0 Å². The molecular weight excluding hydrogens is 262 g/mol. The van der Waals surface area contributed by atoms with Crippen molar-refractivity contribution in [3.8, 4) is 0 Å². The van der Waals surface area contributed by atoms with Gasteiger partial charge in [0.25, 0.3) is 0 Å². The minimum Gasteiger partial charge on any atom is -0.351 e. The van der Waals surface area contributed by atoms with Crippen LogP contribution in [0.5, 0.6) is 0 Å². The van der Waals surface area contributed by atoms with Crippen LogP contribution in [0, 0.1) is 13.8 Å². The van der Waals surface area contributed by atoms with Crippen molar-refractivity contribution in [3.05, 3.63) is 17.0 Å². The zero-order valence-corrected chi connectivity index (χ0v) is 12.3. The van der Waals surface area contributed by atoms with Gasteiger partial charge in [0.2, 0.25) is 5.91 Å². The molecule has 1 aromatic heterocycles. The summed E-state index contributed by atoms with van der Waals surface area (Å²) in [6.07, 6.45) is 1.03. The maximum atomic E-state index is 11.9. The van der Waals surface area contributed by atoms with Gasteiger partial charge in [-0.05, 0) is 32.9 Å². The Hall–Kier alpha value is -1.30. The topological polar surface area (TPSA) is 64.0 Å². The lowest BCUT2D eigenvalue weighted by molar-refractivity contribution is -0.122. The fourth-order valence-corrected chi connectivity index (χ4v) is 3.57. The average Bonchev–Trinajstić information content (AvgIpc) is 2.88. The van der Waals surface area contributed by atoms with Crippen LogP contribution in [0.3, 0.4) is 0 Å². The third-order valence-corrected chi connectivity index (χ3v) is 4.48. The summed E-state index contributed by atoms with van der Waals surface area (Å²) >= 11 is 1.86. The number of hydrogen-bond acceptors (Lipinski definition) is 4. The van der Waals surface area contributed by atoms with E-state index in [0.717, 1.165) is 23.6 Å². The first kappa shape index (κ1) is 14.1. The minimum absolute atomic E-state index is 0.00569. The normalized spacial score (nSPS) is 18.6. The van der Waals surface area contributed by atoms with Crippen LogP contribution in [0.15, 0.2) is 0 Å². The molecule has 2 rings (SSSR count). The monoisotopic (exact) mass is 281 g/mol. The van der Waals surface area contributed by atoms with E-state index in [0.29, 0.717) is 11.3 Å². The van der Waals surface area contributed by atoms with E-state index in [2.05, 4.69) is 10.4 Å². The molecule has 0 radical (unpaired) electrons. The van der Waals surface area contributed by atoms with Crippen molar-refractivity contribution < 1.29 is 9.59 Å². The van der Waals surface area contributed by atoms with Gasteiger partial charge in [0.1, 0.15) is 6.54 Å². The highest BCUT2D eigenvalue weighted by Crippen LogP contribution is 2.17. The molecule has 0 bridgehead atoms. The molecule has 1 aromatic rings. The van der Waals surface area contributed by atoms with Crippen molar-refractivity contribution in [3.63, 3.8) is 0 Å². The molecule has 0 saturated carbocycles. The Bertz CT molecular complexity index is 504. The van der Waals surface area contributed by atoms with Crippen LogP contribution in [-0.4, -0.2) is 39.0 Å². The molecule has 0 unspecified atom stereocenters. The number of hydrogen-bond donors (Lipinski definition) is 1. The van der Waals surface area contributed by atoms with Crippen LogP contribution in [0.4, 0.5) is 0 Å². The zero-order valence-electron chi connectivity index (χ0n) is 11.5. The van der Waals surface area contributed by atoms with Gasteiger partial charge in [0.15, 0.2) is 5.78 Å². The van der Waals surface area contributed by atoms with E-state index >= 15 is 0 Å². The predicted octanol–water partition coefficient (Wildman–Crippen LogP) is 1.32. The number of nitrogens with zero attached hydrogens (tertiary/aromatic N) is 2. The molecule has 0 aliphatic carbocycles. The second kappa shape index (κ2) is 5.77. The smallest absolute Gasteiger partial charge is 0.241 e. The van der Waals surface area contributed by atoms with Crippen molar-refractivity contribution >= 4 is 23.5 Å². The second-order valence-electron chi connectivity index (χ2n) is 4.89. The molecule has 2 heterocycles. The summed E-state index contributed by atoms with van der Waals surface area (Å²) in [7, 11) is 0. The van der Waals surface area contributed by atoms with E-state index in [-0.39, 0.29) is 24.3 Å². The van der Waals surface area contributed by atoms with Crippen LogP contribution in [0.25, 0.3) is 0 Å². The van der Waals surface area contributed by atoms with E-state index < -0.39 is 0 Å². The largest absolute Gasteiger partial charge is 0.351 e. The van der Waals surface area contributed by atoms with E-state index in [4.69, 9.17) is 0 Å². The summed E-state index contributed by atoms with van der Waals surface area (Å²) in [5.41, 5.74) is 2.08. The molecule has 19 heavy (non-hydrogen) atoms. The summed E-state index contributed by atoms with van der Waals surface area (Å²) < 4.78 is 1.61. The van der Waals surface area contributed by atoms with Crippen molar-refractivity contribution in [1.29, 1.82) is 0 Å². The van der Waals surface area contributed by atoms with Gasteiger partial charge in [-0.15, -0.1) is 0 Å². The van der Waals surface area contributed by atoms with Gasteiger partial charge < -0.3 is 5.32 Å². The molecule has 6 heteroatoms. The van der Waals surface area contributed by atoms with Crippen molar-refractivity contribution in [2.24, 2.45) is 0 Å². The molecule has 1 fully saturated rings. The number of rotatable bonds is 4. The van der Waals surface area contributed by atoms with Gasteiger partial charge in [-0.3, -0.25) is 14.3 Å². The highest BCUT2D eigenvalue weighted by atomic mass is 32.2. The van der Waals surface area contributed by atoms with Gasteiger partial charge in [-0.1, -0.05) is 0 Å². The Morgan fingerprint density at radius 2 is 2.21 bits per heavy atom. The van der Waals surface area contributed by atoms with Crippen LogP contribution < -0.4 is 5.32 Å². The molecule has 104 valence electrons. The van der Waals surface area contributed by atoms with E-state index in [1.54, 1.807) is 11.6 Å². The number of thioether (sulfide) groups is 1. The number of carbonyl (C=O) groups excluding carboxylic acids is 2. The Labute approximate surface area is 117 Å². The number of aromatic nitrogens is 2. The lowest BCUT2D eigenvalue weighted by atomic mass is 10.1. The first-order chi connectivity index (χ1) is 8.99. The maximum absolute atomic E-state index is 11.9. The van der Waals surface area contributed by atoms with Gasteiger partial charge in [-0.25, -0.2) is 0 Å². The van der Waals surface area contributed by atoms with Crippen LogP contribution in [0.1, 0.15) is 35.1 Å².